The number of piperazine rings is 2. The number of para-hydroxylation sites is 1. The first-order valence-electron chi connectivity index (χ1n) is 12.9. The van der Waals surface area contributed by atoms with Crippen molar-refractivity contribution in [3.63, 3.8) is 0 Å². The number of hydrogen-bond donors (Lipinski definition) is 0. The highest BCUT2D eigenvalue weighted by Crippen LogP contribution is 2.31. The standard InChI is InChI=1S/C29H28Cl2N6O/c30-25-11-10-22(20-26(25)31)35-12-16-36(17-13-35)28-24-9-5-4-8-23(24)27(32-33-28)29(38)37-18-14-34(15-19-37)21-6-2-1-3-7-21/h1-11,20H,12-19H2. The Morgan fingerprint density at radius 2 is 1.21 bits per heavy atom. The van der Waals surface area contributed by atoms with Gasteiger partial charge in [0.15, 0.2) is 11.5 Å². The third kappa shape index (κ3) is 4.84. The zero-order valence-electron chi connectivity index (χ0n) is 20.9. The highest BCUT2D eigenvalue weighted by molar-refractivity contribution is 6.42. The summed E-state index contributed by atoms with van der Waals surface area (Å²) in [7, 11) is 0. The van der Waals surface area contributed by atoms with Crippen LogP contribution in [-0.2, 0) is 0 Å². The molecule has 2 aliphatic rings. The lowest BCUT2D eigenvalue weighted by atomic mass is 10.1. The molecule has 3 heterocycles. The molecule has 2 saturated heterocycles. The van der Waals surface area contributed by atoms with Gasteiger partial charge in [-0.3, -0.25) is 4.79 Å². The zero-order chi connectivity index (χ0) is 26.1. The fourth-order valence-corrected chi connectivity index (χ4v) is 5.59. The summed E-state index contributed by atoms with van der Waals surface area (Å²) in [6.07, 6.45) is 0. The van der Waals surface area contributed by atoms with Crippen LogP contribution >= 0.6 is 23.2 Å². The monoisotopic (exact) mass is 546 g/mol. The molecule has 0 bridgehead atoms. The van der Waals surface area contributed by atoms with Crippen LogP contribution in [0.5, 0.6) is 0 Å². The van der Waals surface area contributed by atoms with E-state index in [0.717, 1.165) is 61.5 Å². The van der Waals surface area contributed by atoms with Crippen LogP contribution in [0.25, 0.3) is 10.8 Å². The molecule has 0 saturated carbocycles. The Bertz CT molecular complexity index is 1450. The highest BCUT2D eigenvalue weighted by atomic mass is 35.5. The van der Waals surface area contributed by atoms with Crippen LogP contribution in [0.1, 0.15) is 10.5 Å². The number of carbonyl (C=O) groups is 1. The van der Waals surface area contributed by atoms with Crippen LogP contribution in [-0.4, -0.2) is 73.4 Å². The van der Waals surface area contributed by atoms with Crippen molar-refractivity contribution >= 4 is 57.1 Å². The van der Waals surface area contributed by atoms with Gasteiger partial charge in [0.1, 0.15) is 0 Å². The van der Waals surface area contributed by atoms with Crippen LogP contribution in [0.3, 0.4) is 0 Å². The molecule has 6 rings (SSSR count). The fraction of sp³-hybridized carbons (Fsp3) is 0.276. The molecule has 7 nitrogen and oxygen atoms in total. The summed E-state index contributed by atoms with van der Waals surface area (Å²) in [6, 6.07) is 24.0. The Kier molecular flexibility index (Phi) is 6.96. The molecule has 0 atom stereocenters. The summed E-state index contributed by atoms with van der Waals surface area (Å²) in [6.45, 7) is 6.11. The molecule has 1 amide bonds. The quantitative estimate of drug-likeness (QED) is 0.349. The third-order valence-electron chi connectivity index (χ3n) is 7.41. The van der Waals surface area contributed by atoms with E-state index in [2.05, 4.69) is 37.0 Å². The molecule has 0 aliphatic carbocycles. The van der Waals surface area contributed by atoms with Crippen molar-refractivity contribution in [2.75, 3.05) is 67.1 Å². The Morgan fingerprint density at radius 3 is 1.92 bits per heavy atom. The maximum absolute atomic E-state index is 13.6. The maximum Gasteiger partial charge on any atom is 0.275 e. The molecule has 0 radical (unpaired) electrons. The van der Waals surface area contributed by atoms with Crippen molar-refractivity contribution in [2.24, 2.45) is 0 Å². The highest BCUT2D eigenvalue weighted by Gasteiger charge is 2.27. The minimum atomic E-state index is -0.0580. The van der Waals surface area contributed by atoms with Gasteiger partial charge in [-0.05, 0) is 30.3 Å². The molecular weight excluding hydrogens is 519 g/mol. The average molecular weight is 547 g/mol. The Labute approximate surface area is 232 Å². The zero-order valence-corrected chi connectivity index (χ0v) is 22.4. The van der Waals surface area contributed by atoms with E-state index in [0.29, 0.717) is 28.8 Å². The van der Waals surface area contributed by atoms with E-state index < -0.39 is 0 Å². The molecule has 1 aromatic heterocycles. The molecule has 3 aromatic carbocycles. The summed E-state index contributed by atoms with van der Waals surface area (Å²) in [5.74, 6) is 0.761. The van der Waals surface area contributed by atoms with E-state index in [-0.39, 0.29) is 5.91 Å². The van der Waals surface area contributed by atoms with E-state index >= 15 is 0 Å². The minimum absolute atomic E-state index is 0.0580. The van der Waals surface area contributed by atoms with E-state index in [1.165, 1.54) is 5.69 Å². The average Bonchev–Trinajstić information content (AvgIpc) is 2.98. The van der Waals surface area contributed by atoms with Crippen LogP contribution < -0.4 is 14.7 Å². The normalized spacial score (nSPS) is 16.3. The van der Waals surface area contributed by atoms with Crippen molar-refractivity contribution in [3.8, 4) is 0 Å². The van der Waals surface area contributed by atoms with Crippen LogP contribution in [0, 0.1) is 0 Å². The SMILES string of the molecule is O=C(c1nnc(N2CCN(c3ccc(Cl)c(Cl)c3)CC2)c2ccccc12)N1CCN(c2ccccc2)CC1. The number of aromatic nitrogens is 2. The Morgan fingerprint density at radius 1 is 0.605 bits per heavy atom. The molecule has 0 spiro atoms. The van der Waals surface area contributed by atoms with Gasteiger partial charge in [0, 0.05) is 74.5 Å². The maximum atomic E-state index is 13.6. The molecule has 2 aliphatic heterocycles. The van der Waals surface area contributed by atoms with E-state index in [4.69, 9.17) is 23.2 Å². The van der Waals surface area contributed by atoms with Gasteiger partial charge in [-0.25, -0.2) is 0 Å². The number of rotatable bonds is 4. The van der Waals surface area contributed by atoms with Crippen molar-refractivity contribution in [3.05, 3.63) is 88.5 Å². The number of halogens is 2. The van der Waals surface area contributed by atoms with Gasteiger partial charge >= 0.3 is 0 Å². The van der Waals surface area contributed by atoms with Gasteiger partial charge in [-0.2, -0.15) is 0 Å². The first kappa shape index (κ1) is 24.8. The second-order valence-electron chi connectivity index (χ2n) is 9.61. The van der Waals surface area contributed by atoms with Gasteiger partial charge in [0.05, 0.1) is 10.0 Å². The summed E-state index contributed by atoms with van der Waals surface area (Å²) in [5, 5.41) is 12.0. The lowest BCUT2D eigenvalue weighted by Crippen LogP contribution is -2.49. The Hall–Kier alpha value is -3.55. The summed E-state index contributed by atoms with van der Waals surface area (Å²) < 4.78 is 0. The van der Waals surface area contributed by atoms with Crippen molar-refractivity contribution in [2.45, 2.75) is 0 Å². The second-order valence-corrected chi connectivity index (χ2v) is 10.4. The first-order chi connectivity index (χ1) is 18.6. The topological polar surface area (TPSA) is 55.8 Å². The van der Waals surface area contributed by atoms with Gasteiger partial charge in [-0.15, -0.1) is 10.2 Å². The lowest BCUT2D eigenvalue weighted by molar-refractivity contribution is 0.0742. The predicted octanol–water partition coefficient (Wildman–Crippen LogP) is 5.23. The number of fused-ring (bicyclic) bond motifs is 1. The molecule has 38 heavy (non-hydrogen) atoms. The van der Waals surface area contributed by atoms with Crippen LogP contribution in [0.4, 0.5) is 17.2 Å². The van der Waals surface area contributed by atoms with Gasteiger partial charge in [0.25, 0.3) is 5.91 Å². The van der Waals surface area contributed by atoms with Gasteiger partial charge in [0.2, 0.25) is 0 Å². The molecule has 4 aromatic rings. The summed E-state index contributed by atoms with van der Waals surface area (Å²) in [4.78, 5) is 22.3. The number of hydrogen-bond acceptors (Lipinski definition) is 6. The molecule has 2 fully saturated rings. The smallest absolute Gasteiger partial charge is 0.275 e. The van der Waals surface area contributed by atoms with E-state index in [9.17, 15) is 4.79 Å². The molecular formula is C29H28Cl2N6O. The number of carbonyl (C=O) groups excluding carboxylic acids is 1. The molecule has 194 valence electrons. The van der Waals surface area contributed by atoms with Crippen LogP contribution in [0.15, 0.2) is 72.8 Å². The minimum Gasteiger partial charge on any atom is -0.368 e. The fourth-order valence-electron chi connectivity index (χ4n) is 5.30. The third-order valence-corrected chi connectivity index (χ3v) is 8.15. The number of anilines is 3. The predicted molar refractivity (Wildman–Crippen MR) is 155 cm³/mol. The van der Waals surface area contributed by atoms with Gasteiger partial charge < -0.3 is 19.6 Å². The Balaban J connectivity index is 1.18. The van der Waals surface area contributed by atoms with Crippen LogP contribution in [0.2, 0.25) is 10.0 Å². The molecule has 9 heteroatoms. The van der Waals surface area contributed by atoms with E-state index in [1.54, 1.807) is 0 Å². The van der Waals surface area contributed by atoms with E-state index in [1.807, 2.05) is 65.6 Å². The summed E-state index contributed by atoms with van der Waals surface area (Å²) in [5.41, 5.74) is 2.67. The van der Waals surface area contributed by atoms with Crippen molar-refractivity contribution < 1.29 is 4.79 Å². The largest absolute Gasteiger partial charge is 0.368 e. The number of nitrogens with zero attached hydrogens (tertiary/aromatic N) is 6. The molecule has 0 N–H and O–H groups in total. The van der Waals surface area contributed by atoms with Gasteiger partial charge in [-0.1, -0.05) is 65.7 Å². The summed E-state index contributed by atoms with van der Waals surface area (Å²) >= 11 is 12.3. The second kappa shape index (κ2) is 10.7. The van der Waals surface area contributed by atoms with Crippen molar-refractivity contribution in [1.82, 2.24) is 15.1 Å². The first-order valence-corrected chi connectivity index (χ1v) is 13.6. The number of amides is 1. The lowest BCUT2D eigenvalue weighted by Gasteiger charge is -2.37. The molecule has 0 unspecified atom stereocenters. The number of benzene rings is 3. The van der Waals surface area contributed by atoms with Crippen molar-refractivity contribution in [1.29, 1.82) is 0 Å².